The van der Waals surface area contributed by atoms with Crippen LogP contribution >= 0.6 is 0 Å². The number of ether oxygens (including phenoxy) is 2. The summed E-state index contributed by atoms with van der Waals surface area (Å²) < 4.78 is 10.6. The molecule has 0 aliphatic carbocycles. The van der Waals surface area contributed by atoms with Crippen molar-refractivity contribution in [1.29, 1.82) is 0 Å². The van der Waals surface area contributed by atoms with E-state index in [0.717, 1.165) is 0 Å². The highest BCUT2D eigenvalue weighted by Crippen LogP contribution is 2.34. The molecule has 3 amide bonds. The van der Waals surface area contributed by atoms with Crippen molar-refractivity contribution < 1.29 is 24.0 Å². The Kier molecular flexibility index (Phi) is 6.10. The maximum Gasteiger partial charge on any atom is 0.321 e. The highest BCUT2D eigenvalue weighted by Gasteiger charge is 2.27. The van der Waals surface area contributed by atoms with Gasteiger partial charge in [0.05, 0.1) is 18.1 Å². The van der Waals surface area contributed by atoms with Crippen LogP contribution in [0.15, 0.2) is 48.5 Å². The number of benzene rings is 2. The molecular weight excluding hydrogens is 342 g/mol. The Morgan fingerprint density at radius 2 is 1.85 bits per heavy atom. The minimum Gasteiger partial charge on any atom is -0.496 e. The Balaban J connectivity index is 2.40. The Morgan fingerprint density at radius 3 is 2.42 bits per heavy atom. The van der Waals surface area contributed by atoms with Gasteiger partial charge < -0.3 is 14.8 Å². The monoisotopic (exact) mass is 359 g/mol. The van der Waals surface area contributed by atoms with Crippen LogP contribution < -0.4 is 20.1 Å². The number of urea groups is 1. The van der Waals surface area contributed by atoms with Crippen LogP contribution in [0.5, 0.6) is 11.5 Å². The molecule has 136 valence electrons. The maximum absolute atomic E-state index is 12.4. The molecule has 0 saturated heterocycles. The number of nitrogens with zero attached hydrogens (tertiary/aromatic N) is 1. The average molecular weight is 359 g/mol. The fourth-order valence-corrected chi connectivity index (χ4v) is 2.13. The van der Waals surface area contributed by atoms with Crippen LogP contribution in [0.1, 0.15) is 11.7 Å². The number of methoxy groups -OCH3 is 1. The molecule has 0 aliphatic rings. The van der Waals surface area contributed by atoms with Crippen molar-refractivity contribution >= 4 is 17.6 Å². The van der Waals surface area contributed by atoms with Gasteiger partial charge in [0.1, 0.15) is 5.75 Å². The lowest BCUT2D eigenvalue weighted by Crippen LogP contribution is -2.41. The second-order valence-corrected chi connectivity index (χ2v) is 5.07. The third-order valence-electron chi connectivity index (χ3n) is 3.41. The number of hydrogen-bond acceptors (Lipinski definition) is 6. The van der Waals surface area contributed by atoms with Crippen molar-refractivity contribution in [2.45, 2.75) is 6.10 Å². The first kappa shape index (κ1) is 18.7. The lowest BCUT2D eigenvalue weighted by atomic mass is 10.1. The molecule has 9 heteroatoms. The zero-order chi connectivity index (χ0) is 19.1. The summed E-state index contributed by atoms with van der Waals surface area (Å²) in [6.45, 7) is 0. The van der Waals surface area contributed by atoms with E-state index in [1.54, 1.807) is 30.3 Å². The number of hydrogen-bond donors (Lipinski definition) is 2. The molecular formula is C17H17N3O6. The zero-order valence-corrected chi connectivity index (χ0v) is 14.1. The highest BCUT2D eigenvalue weighted by molar-refractivity contribution is 5.97. The van der Waals surface area contributed by atoms with Gasteiger partial charge in [-0.2, -0.15) is 0 Å². The molecule has 26 heavy (non-hydrogen) atoms. The molecule has 0 saturated carbocycles. The molecule has 9 nitrogen and oxygen atoms in total. The van der Waals surface area contributed by atoms with E-state index in [9.17, 15) is 19.7 Å². The quantitative estimate of drug-likeness (QED) is 0.602. The number of amides is 3. The van der Waals surface area contributed by atoms with Crippen LogP contribution in [0.4, 0.5) is 10.5 Å². The van der Waals surface area contributed by atoms with Gasteiger partial charge >= 0.3 is 11.7 Å². The topological polar surface area (TPSA) is 120 Å². The van der Waals surface area contributed by atoms with E-state index in [4.69, 9.17) is 9.47 Å². The van der Waals surface area contributed by atoms with Crippen molar-refractivity contribution in [2.75, 3.05) is 14.2 Å². The Hall–Kier alpha value is -3.62. The van der Waals surface area contributed by atoms with Gasteiger partial charge in [-0.3, -0.25) is 20.2 Å². The van der Waals surface area contributed by atoms with Gasteiger partial charge in [0.25, 0.3) is 5.91 Å². The Morgan fingerprint density at radius 1 is 1.15 bits per heavy atom. The first-order valence-electron chi connectivity index (χ1n) is 7.53. The van der Waals surface area contributed by atoms with Gasteiger partial charge in [0.15, 0.2) is 5.75 Å². The Bertz CT molecular complexity index is 809. The summed E-state index contributed by atoms with van der Waals surface area (Å²) in [6.07, 6.45) is -1.26. The van der Waals surface area contributed by atoms with Crippen molar-refractivity contribution in [3.05, 3.63) is 64.2 Å². The second kappa shape index (κ2) is 8.47. The fraction of sp³-hybridized carbons (Fsp3) is 0.176. The molecule has 0 fully saturated rings. The zero-order valence-electron chi connectivity index (χ0n) is 14.1. The van der Waals surface area contributed by atoms with E-state index in [0.29, 0.717) is 5.56 Å². The van der Waals surface area contributed by atoms with E-state index < -0.39 is 23.0 Å². The summed E-state index contributed by atoms with van der Waals surface area (Å²) in [5.74, 6) is -0.618. The molecule has 2 aromatic rings. The molecule has 1 atom stereocenters. The second-order valence-electron chi connectivity index (χ2n) is 5.07. The van der Waals surface area contributed by atoms with E-state index in [1.807, 2.05) is 0 Å². The smallest absolute Gasteiger partial charge is 0.321 e. The minimum absolute atomic E-state index is 0.128. The van der Waals surface area contributed by atoms with Gasteiger partial charge in [-0.15, -0.1) is 0 Å². The van der Waals surface area contributed by atoms with Gasteiger partial charge in [-0.1, -0.05) is 30.3 Å². The molecule has 0 aromatic heterocycles. The van der Waals surface area contributed by atoms with Crippen LogP contribution in [0.25, 0.3) is 0 Å². The first-order valence-corrected chi connectivity index (χ1v) is 7.53. The van der Waals surface area contributed by atoms with Crippen molar-refractivity contribution in [3.8, 4) is 11.5 Å². The van der Waals surface area contributed by atoms with Gasteiger partial charge in [-0.25, -0.2) is 4.79 Å². The van der Waals surface area contributed by atoms with E-state index in [-0.39, 0.29) is 17.2 Å². The normalized spacial score (nSPS) is 11.2. The molecule has 0 spiro atoms. The number of imide groups is 1. The SMILES string of the molecule is CNC(=O)NC(=O)[C@@H](Oc1ccc(OC)cc1[N+](=O)[O-])c1ccccc1. The number of nitrogens with one attached hydrogen (secondary N) is 2. The Labute approximate surface area is 149 Å². The van der Waals surface area contributed by atoms with Crippen LogP contribution in [0.2, 0.25) is 0 Å². The molecule has 0 radical (unpaired) electrons. The van der Waals surface area contributed by atoms with Gasteiger partial charge in [-0.05, 0) is 12.1 Å². The summed E-state index contributed by atoms with van der Waals surface area (Å²) in [5.41, 5.74) is 0.0667. The lowest BCUT2D eigenvalue weighted by molar-refractivity contribution is -0.386. The fourth-order valence-electron chi connectivity index (χ4n) is 2.13. The molecule has 2 N–H and O–H groups in total. The predicted molar refractivity (Wildman–Crippen MR) is 92.1 cm³/mol. The molecule has 2 aromatic carbocycles. The predicted octanol–water partition coefficient (Wildman–Crippen LogP) is 2.18. The third-order valence-corrected chi connectivity index (χ3v) is 3.41. The largest absolute Gasteiger partial charge is 0.496 e. The average Bonchev–Trinajstić information content (AvgIpc) is 2.66. The molecule has 0 aliphatic heterocycles. The van der Waals surface area contributed by atoms with Crippen LogP contribution in [0, 0.1) is 10.1 Å². The standard InChI is InChI=1S/C17H17N3O6/c1-18-17(22)19-16(21)15(11-6-4-3-5-7-11)26-14-9-8-12(25-2)10-13(14)20(23)24/h3-10,15H,1-2H3,(H2,18,19,21,22)/t15-/m0/s1. The number of nitro benzene ring substituents is 1. The number of rotatable bonds is 6. The van der Waals surface area contributed by atoms with Crippen LogP contribution in [-0.2, 0) is 4.79 Å². The van der Waals surface area contributed by atoms with Gasteiger partial charge in [0.2, 0.25) is 6.10 Å². The number of carbonyl (C=O) groups is 2. The van der Waals surface area contributed by atoms with Gasteiger partial charge in [0, 0.05) is 12.6 Å². The third kappa shape index (κ3) is 4.47. The van der Waals surface area contributed by atoms with Crippen molar-refractivity contribution in [2.24, 2.45) is 0 Å². The maximum atomic E-state index is 12.4. The van der Waals surface area contributed by atoms with E-state index in [2.05, 4.69) is 10.6 Å². The first-order chi connectivity index (χ1) is 12.5. The lowest BCUT2D eigenvalue weighted by Gasteiger charge is -2.18. The number of carbonyl (C=O) groups excluding carboxylic acids is 2. The van der Waals surface area contributed by atoms with E-state index >= 15 is 0 Å². The molecule has 0 heterocycles. The summed E-state index contributed by atoms with van der Waals surface area (Å²) >= 11 is 0. The van der Waals surface area contributed by atoms with E-state index in [1.165, 1.54) is 32.4 Å². The molecule has 0 unspecified atom stereocenters. The van der Waals surface area contributed by atoms with Crippen molar-refractivity contribution in [1.82, 2.24) is 10.6 Å². The van der Waals surface area contributed by atoms with Crippen molar-refractivity contribution in [3.63, 3.8) is 0 Å². The minimum atomic E-state index is -1.26. The molecule has 0 bridgehead atoms. The summed E-state index contributed by atoms with van der Waals surface area (Å²) in [6, 6.07) is 11.6. The van der Waals surface area contributed by atoms with Crippen LogP contribution in [-0.4, -0.2) is 31.0 Å². The molecule has 2 rings (SSSR count). The highest BCUT2D eigenvalue weighted by atomic mass is 16.6. The summed E-state index contributed by atoms with van der Waals surface area (Å²) in [7, 11) is 2.73. The number of nitro groups is 1. The summed E-state index contributed by atoms with van der Waals surface area (Å²) in [4.78, 5) is 34.5. The van der Waals surface area contributed by atoms with Crippen LogP contribution in [0.3, 0.4) is 0 Å². The summed E-state index contributed by atoms with van der Waals surface area (Å²) in [5, 5.41) is 15.7.